The van der Waals surface area contributed by atoms with Crippen molar-refractivity contribution in [1.82, 2.24) is 4.90 Å². The summed E-state index contributed by atoms with van der Waals surface area (Å²) in [6.45, 7) is 4.15. The van der Waals surface area contributed by atoms with Crippen LogP contribution < -0.4 is 0 Å². The molecule has 0 unspecified atom stereocenters. The van der Waals surface area contributed by atoms with Crippen molar-refractivity contribution < 1.29 is 0 Å². The Hall–Kier alpha value is 0.310. The lowest BCUT2D eigenvalue weighted by atomic mass is 9.68. The first kappa shape index (κ1) is 17.7. The SMILES string of the molecule is SCCCCCCCCCN1CCC2(CCCCC2)CC1. The molecule has 0 amide bonds. The Bertz CT molecular complexity index is 250. The van der Waals surface area contributed by atoms with E-state index < -0.39 is 0 Å². The minimum atomic E-state index is 0.780. The van der Waals surface area contributed by atoms with Crippen molar-refractivity contribution in [2.45, 2.75) is 89.9 Å². The third-order valence-electron chi connectivity index (χ3n) is 5.96. The van der Waals surface area contributed by atoms with Crippen LogP contribution in [0.2, 0.25) is 0 Å². The number of likely N-dealkylation sites (tertiary alicyclic amines) is 1. The molecule has 0 bridgehead atoms. The first-order chi connectivity index (χ1) is 10.3. The van der Waals surface area contributed by atoms with E-state index in [4.69, 9.17) is 0 Å². The van der Waals surface area contributed by atoms with E-state index in [0.29, 0.717) is 0 Å². The molecule has 0 radical (unpaired) electrons. The van der Waals surface area contributed by atoms with Gasteiger partial charge in [0, 0.05) is 0 Å². The second-order valence-corrected chi connectivity index (χ2v) is 8.05. The molecule has 2 aliphatic rings. The van der Waals surface area contributed by atoms with Crippen LogP contribution in [0.4, 0.5) is 0 Å². The van der Waals surface area contributed by atoms with E-state index in [2.05, 4.69) is 17.5 Å². The van der Waals surface area contributed by atoms with Gasteiger partial charge in [-0.1, -0.05) is 51.4 Å². The number of hydrogen-bond donors (Lipinski definition) is 1. The molecular weight excluding hydrogens is 274 g/mol. The van der Waals surface area contributed by atoms with Crippen molar-refractivity contribution in [2.75, 3.05) is 25.4 Å². The molecule has 1 saturated carbocycles. The van der Waals surface area contributed by atoms with Crippen LogP contribution in [0.3, 0.4) is 0 Å². The molecule has 0 atom stereocenters. The molecule has 1 aliphatic carbocycles. The second-order valence-electron chi connectivity index (χ2n) is 7.60. The molecule has 2 heteroatoms. The average Bonchev–Trinajstić information content (AvgIpc) is 2.53. The van der Waals surface area contributed by atoms with Gasteiger partial charge in [0.2, 0.25) is 0 Å². The Morgan fingerprint density at radius 3 is 1.86 bits per heavy atom. The van der Waals surface area contributed by atoms with Crippen molar-refractivity contribution in [3.63, 3.8) is 0 Å². The van der Waals surface area contributed by atoms with E-state index in [1.165, 1.54) is 110 Å². The maximum atomic E-state index is 4.27. The molecule has 1 heterocycles. The van der Waals surface area contributed by atoms with Crippen LogP contribution in [0, 0.1) is 5.41 Å². The van der Waals surface area contributed by atoms with Crippen molar-refractivity contribution in [2.24, 2.45) is 5.41 Å². The minimum absolute atomic E-state index is 0.780. The van der Waals surface area contributed by atoms with Gasteiger partial charge in [-0.05, 0) is 69.3 Å². The maximum Gasteiger partial charge on any atom is -0.00134 e. The predicted octanol–water partition coefficient (Wildman–Crippen LogP) is 5.69. The molecule has 1 aliphatic heterocycles. The zero-order valence-electron chi connectivity index (χ0n) is 14.1. The van der Waals surface area contributed by atoms with Crippen LogP contribution in [0.15, 0.2) is 0 Å². The van der Waals surface area contributed by atoms with E-state index in [0.717, 1.165) is 11.2 Å². The molecule has 0 N–H and O–H groups in total. The van der Waals surface area contributed by atoms with Crippen molar-refractivity contribution >= 4 is 12.6 Å². The van der Waals surface area contributed by atoms with Gasteiger partial charge >= 0.3 is 0 Å². The van der Waals surface area contributed by atoms with E-state index in [1.54, 1.807) is 0 Å². The fourth-order valence-electron chi connectivity index (χ4n) is 4.38. The van der Waals surface area contributed by atoms with Gasteiger partial charge in [0.05, 0.1) is 0 Å². The standard InChI is InChI=1S/C19H37NS/c21-18-10-5-3-1-2-4-9-15-20-16-13-19(14-17-20)11-7-6-8-12-19/h21H,1-18H2. The zero-order valence-corrected chi connectivity index (χ0v) is 15.0. The Morgan fingerprint density at radius 2 is 1.24 bits per heavy atom. The van der Waals surface area contributed by atoms with Gasteiger partial charge in [-0.3, -0.25) is 0 Å². The third-order valence-corrected chi connectivity index (χ3v) is 6.28. The highest BCUT2D eigenvalue weighted by molar-refractivity contribution is 7.80. The molecule has 0 aromatic carbocycles. The smallest absolute Gasteiger partial charge is 0.00134 e. The average molecular weight is 312 g/mol. The first-order valence-corrected chi connectivity index (χ1v) is 10.3. The van der Waals surface area contributed by atoms with Crippen LogP contribution in [0.25, 0.3) is 0 Å². The van der Waals surface area contributed by atoms with Gasteiger partial charge in [-0.15, -0.1) is 0 Å². The molecule has 1 spiro atoms. The molecule has 2 fully saturated rings. The summed E-state index contributed by atoms with van der Waals surface area (Å²) >= 11 is 4.27. The van der Waals surface area contributed by atoms with Gasteiger partial charge in [0.15, 0.2) is 0 Å². The Labute approximate surface area is 138 Å². The fourth-order valence-corrected chi connectivity index (χ4v) is 4.61. The van der Waals surface area contributed by atoms with Crippen molar-refractivity contribution in [3.8, 4) is 0 Å². The zero-order chi connectivity index (χ0) is 14.8. The maximum absolute atomic E-state index is 4.27. The summed E-state index contributed by atoms with van der Waals surface area (Å²) < 4.78 is 0. The summed E-state index contributed by atoms with van der Waals surface area (Å²) in [5.41, 5.74) is 0.780. The highest BCUT2D eigenvalue weighted by atomic mass is 32.1. The van der Waals surface area contributed by atoms with E-state index in [-0.39, 0.29) is 0 Å². The number of nitrogens with zero attached hydrogens (tertiary/aromatic N) is 1. The van der Waals surface area contributed by atoms with Gasteiger partial charge in [0.25, 0.3) is 0 Å². The van der Waals surface area contributed by atoms with Crippen LogP contribution in [0.1, 0.15) is 89.9 Å². The lowest BCUT2D eigenvalue weighted by Crippen LogP contribution is -2.41. The van der Waals surface area contributed by atoms with Gasteiger partial charge < -0.3 is 4.90 Å². The summed E-state index contributed by atoms with van der Waals surface area (Å²) in [6.07, 6.45) is 20.5. The van der Waals surface area contributed by atoms with E-state index >= 15 is 0 Å². The van der Waals surface area contributed by atoms with Crippen LogP contribution in [-0.2, 0) is 0 Å². The molecule has 2 rings (SSSR count). The number of unbranched alkanes of at least 4 members (excludes halogenated alkanes) is 6. The molecule has 0 aromatic heterocycles. The van der Waals surface area contributed by atoms with Crippen LogP contribution in [0.5, 0.6) is 0 Å². The fraction of sp³-hybridized carbons (Fsp3) is 1.00. The van der Waals surface area contributed by atoms with Gasteiger partial charge in [-0.2, -0.15) is 12.6 Å². The predicted molar refractivity (Wildman–Crippen MR) is 97.4 cm³/mol. The first-order valence-electron chi connectivity index (χ1n) is 9.68. The molecular formula is C19H37NS. The lowest BCUT2D eigenvalue weighted by molar-refractivity contribution is 0.0669. The van der Waals surface area contributed by atoms with Crippen LogP contribution in [-0.4, -0.2) is 30.3 Å². The van der Waals surface area contributed by atoms with Crippen LogP contribution >= 0.6 is 12.6 Å². The Kier molecular flexibility index (Phi) is 8.54. The number of piperidine rings is 1. The summed E-state index contributed by atoms with van der Waals surface area (Å²) in [7, 11) is 0. The van der Waals surface area contributed by atoms with Gasteiger partial charge in [0.1, 0.15) is 0 Å². The topological polar surface area (TPSA) is 3.24 Å². The molecule has 21 heavy (non-hydrogen) atoms. The minimum Gasteiger partial charge on any atom is -0.303 e. The molecule has 1 nitrogen and oxygen atoms in total. The highest BCUT2D eigenvalue weighted by Crippen LogP contribution is 2.44. The summed E-state index contributed by atoms with van der Waals surface area (Å²) in [5.74, 6) is 1.07. The Balaban J connectivity index is 1.45. The summed E-state index contributed by atoms with van der Waals surface area (Å²) in [5, 5.41) is 0. The third kappa shape index (κ3) is 6.52. The molecule has 124 valence electrons. The molecule has 0 aromatic rings. The quantitative estimate of drug-likeness (QED) is 0.422. The van der Waals surface area contributed by atoms with E-state index in [1.807, 2.05) is 0 Å². The Morgan fingerprint density at radius 1 is 0.667 bits per heavy atom. The second kappa shape index (κ2) is 10.2. The normalized spacial score (nSPS) is 22.7. The number of hydrogen-bond acceptors (Lipinski definition) is 2. The lowest BCUT2D eigenvalue weighted by Gasteiger charge is -2.44. The largest absolute Gasteiger partial charge is 0.303 e. The molecule has 1 saturated heterocycles. The summed E-state index contributed by atoms with van der Waals surface area (Å²) in [4.78, 5) is 2.75. The van der Waals surface area contributed by atoms with Crippen molar-refractivity contribution in [3.05, 3.63) is 0 Å². The number of thiol groups is 1. The monoisotopic (exact) mass is 311 g/mol. The number of rotatable bonds is 9. The van der Waals surface area contributed by atoms with Crippen molar-refractivity contribution in [1.29, 1.82) is 0 Å². The summed E-state index contributed by atoms with van der Waals surface area (Å²) in [6, 6.07) is 0. The van der Waals surface area contributed by atoms with Gasteiger partial charge in [-0.25, -0.2) is 0 Å². The van der Waals surface area contributed by atoms with E-state index in [9.17, 15) is 0 Å². The highest BCUT2D eigenvalue weighted by Gasteiger charge is 2.35.